The minimum atomic E-state index is -0.986. The summed E-state index contributed by atoms with van der Waals surface area (Å²) in [6, 6.07) is 7.23. The van der Waals surface area contributed by atoms with Crippen molar-refractivity contribution in [3.05, 3.63) is 29.8 Å². The highest BCUT2D eigenvalue weighted by molar-refractivity contribution is 8.13. The van der Waals surface area contributed by atoms with Crippen molar-refractivity contribution in [1.82, 2.24) is 0 Å². The van der Waals surface area contributed by atoms with Crippen LogP contribution in [0.2, 0.25) is 0 Å². The van der Waals surface area contributed by atoms with Crippen molar-refractivity contribution in [2.45, 2.75) is 64.4 Å². The average molecular weight is 366 g/mol. The third-order valence-electron chi connectivity index (χ3n) is 4.89. The summed E-state index contributed by atoms with van der Waals surface area (Å²) in [5.74, 6) is 0.486. The number of carbonyl (C=O) groups excluding carboxylic acids is 1. The SMILES string of the molecule is CC(=O)SCCC(O)C(O)c1ccc(B2OC(C)(C)C(C)(C)O2)cc1. The first-order chi connectivity index (χ1) is 11.5. The third-order valence-corrected chi connectivity index (χ3v) is 5.73. The van der Waals surface area contributed by atoms with Crippen LogP contribution in [0.15, 0.2) is 24.3 Å². The molecule has 0 radical (unpaired) electrons. The molecular formula is C18H27BO5S. The standard InChI is InChI=1S/C18H27BO5S/c1-12(20)25-11-10-15(21)16(22)13-6-8-14(9-7-13)19-23-17(2,3)18(4,5)24-19/h6-9,15-16,21-22H,10-11H2,1-5H3. The summed E-state index contributed by atoms with van der Waals surface area (Å²) >= 11 is 1.15. The predicted molar refractivity (Wildman–Crippen MR) is 101 cm³/mol. The van der Waals surface area contributed by atoms with Crippen molar-refractivity contribution in [3.63, 3.8) is 0 Å². The van der Waals surface area contributed by atoms with E-state index in [0.717, 1.165) is 17.2 Å². The van der Waals surface area contributed by atoms with Gasteiger partial charge in [-0.05, 0) is 45.1 Å². The zero-order valence-corrected chi connectivity index (χ0v) is 16.3. The maximum Gasteiger partial charge on any atom is 0.494 e. The van der Waals surface area contributed by atoms with Crippen molar-refractivity contribution in [3.8, 4) is 0 Å². The van der Waals surface area contributed by atoms with Gasteiger partial charge < -0.3 is 19.5 Å². The van der Waals surface area contributed by atoms with E-state index in [4.69, 9.17) is 9.31 Å². The van der Waals surface area contributed by atoms with Gasteiger partial charge in [-0.2, -0.15) is 0 Å². The number of aliphatic hydroxyl groups excluding tert-OH is 2. The molecule has 2 unspecified atom stereocenters. The predicted octanol–water partition coefficient (Wildman–Crippen LogP) is 2.05. The lowest BCUT2D eigenvalue weighted by molar-refractivity contribution is -0.109. The van der Waals surface area contributed by atoms with E-state index in [1.165, 1.54) is 6.92 Å². The van der Waals surface area contributed by atoms with Gasteiger partial charge in [0.1, 0.15) is 6.10 Å². The average Bonchev–Trinajstić information content (AvgIpc) is 2.74. The molecule has 1 aliphatic rings. The Morgan fingerprint density at radius 3 is 2.12 bits per heavy atom. The van der Waals surface area contributed by atoms with E-state index < -0.39 is 30.5 Å². The largest absolute Gasteiger partial charge is 0.494 e. The molecule has 0 saturated carbocycles. The highest BCUT2D eigenvalue weighted by Gasteiger charge is 2.51. The van der Waals surface area contributed by atoms with Crippen LogP contribution in [0.3, 0.4) is 0 Å². The van der Waals surface area contributed by atoms with Gasteiger partial charge in [-0.1, -0.05) is 36.0 Å². The van der Waals surface area contributed by atoms with Crippen LogP contribution in [-0.4, -0.2) is 45.5 Å². The molecule has 5 nitrogen and oxygen atoms in total. The third kappa shape index (κ3) is 4.86. The Morgan fingerprint density at radius 2 is 1.64 bits per heavy atom. The molecule has 138 valence electrons. The van der Waals surface area contributed by atoms with E-state index in [9.17, 15) is 15.0 Å². The van der Waals surface area contributed by atoms with Gasteiger partial charge in [-0.3, -0.25) is 4.79 Å². The fourth-order valence-corrected chi connectivity index (χ4v) is 3.18. The molecule has 0 spiro atoms. The van der Waals surface area contributed by atoms with E-state index in [-0.39, 0.29) is 5.12 Å². The fraction of sp³-hybridized carbons (Fsp3) is 0.611. The molecule has 7 heteroatoms. The molecule has 0 aromatic heterocycles. The Bertz CT molecular complexity index is 586. The van der Waals surface area contributed by atoms with Crippen LogP contribution in [0.25, 0.3) is 0 Å². The molecule has 0 aliphatic carbocycles. The van der Waals surface area contributed by atoms with Crippen LogP contribution < -0.4 is 5.46 Å². The minimum absolute atomic E-state index is 0.00783. The molecule has 25 heavy (non-hydrogen) atoms. The molecular weight excluding hydrogens is 339 g/mol. The summed E-state index contributed by atoms with van der Waals surface area (Å²) in [5.41, 5.74) is 0.692. The van der Waals surface area contributed by atoms with Gasteiger partial charge >= 0.3 is 7.12 Å². The second kappa shape index (κ2) is 7.80. The number of hydrogen-bond donors (Lipinski definition) is 2. The van der Waals surface area contributed by atoms with E-state index in [0.29, 0.717) is 17.7 Å². The molecule has 1 heterocycles. The van der Waals surface area contributed by atoms with E-state index in [2.05, 4.69) is 0 Å². The molecule has 2 rings (SSSR count). The van der Waals surface area contributed by atoms with Crippen LogP contribution >= 0.6 is 11.8 Å². The Hall–Kier alpha value is -0.855. The van der Waals surface area contributed by atoms with Crippen molar-refractivity contribution >= 4 is 29.5 Å². The summed E-state index contributed by atoms with van der Waals surface area (Å²) in [4.78, 5) is 10.9. The highest BCUT2D eigenvalue weighted by Crippen LogP contribution is 2.36. The second-order valence-corrected chi connectivity index (χ2v) is 8.67. The van der Waals surface area contributed by atoms with E-state index >= 15 is 0 Å². The smallest absolute Gasteiger partial charge is 0.399 e. The summed E-state index contributed by atoms with van der Waals surface area (Å²) in [6.07, 6.45) is -1.54. The molecule has 0 bridgehead atoms. The number of thioether (sulfide) groups is 1. The van der Waals surface area contributed by atoms with E-state index in [1.807, 2.05) is 39.8 Å². The molecule has 0 amide bonds. The molecule has 1 aromatic carbocycles. The topological polar surface area (TPSA) is 76.0 Å². The highest BCUT2D eigenvalue weighted by atomic mass is 32.2. The van der Waals surface area contributed by atoms with Gasteiger partial charge in [-0.15, -0.1) is 0 Å². The Labute approximate surface area is 154 Å². The zero-order chi connectivity index (χ0) is 18.8. The Balaban J connectivity index is 1.99. The van der Waals surface area contributed by atoms with Gasteiger partial charge in [0.25, 0.3) is 0 Å². The maximum atomic E-state index is 10.9. The number of rotatable bonds is 6. The fourth-order valence-electron chi connectivity index (χ4n) is 2.53. The van der Waals surface area contributed by atoms with Crippen molar-refractivity contribution in [1.29, 1.82) is 0 Å². The quantitative estimate of drug-likeness (QED) is 0.751. The van der Waals surface area contributed by atoms with Crippen LogP contribution in [0.4, 0.5) is 0 Å². The molecule has 1 fully saturated rings. The first-order valence-corrected chi connectivity index (χ1v) is 9.47. The monoisotopic (exact) mass is 366 g/mol. The van der Waals surface area contributed by atoms with Crippen molar-refractivity contribution in [2.24, 2.45) is 0 Å². The second-order valence-electron chi connectivity index (χ2n) is 7.40. The summed E-state index contributed by atoms with van der Waals surface area (Å²) in [5, 5.41) is 20.4. The molecule has 2 atom stereocenters. The normalized spacial score (nSPS) is 21.2. The van der Waals surface area contributed by atoms with Crippen molar-refractivity contribution < 1.29 is 24.3 Å². The lowest BCUT2D eigenvalue weighted by atomic mass is 9.78. The number of benzene rings is 1. The molecule has 1 saturated heterocycles. The maximum absolute atomic E-state index is 10.9. The van der Waals surface area contributed by atoms with E-state index in [1.54, 1.807) is 12.1 Å². The Kier molecular flexibility index (Phi) is 6.38. The van der Waals surface area contributed by atoms with Gasteiger partial charge in [0, 0.05) is 12.7 Å². The Morgan fingerprint density at radius 1 is 1.12 bits per heavy atom. The molecule has 2 N–H and O–H groups in total. The molecule has 1 aromatic rings. The van der Waals surface area contributed by atoms with Gasteiger partial charge in [0.2, 0.25) is 0 Å². The first kappa shape index (κ1) is 20.5. The van der Waals surface area contributed by atoms with Gasteiger partial charge in [0.05, 0.1) is 17.3 Å². The number of aliphatic hydroxyl groups is 2. The number of hydrogen-bond acceptors (Lipinski definition) is 6. The zero-order valence-electron chi connectivity index (χ0n) is 15.5. The lowest BCUT2D eigenvalue weighted by Crippen LogP contribution is -2.41. The molecule has 1 aliphatic heterocycles. The summed E-state index contributed by atoms with van der Waals surface area (Å²) in [6.45, 7) is 9.49. The lowest BCUT2D eigenvalue weighted by Gasteiger charge is -2.32. The van der Waals surface area contributed by atoms with Crippen LogP contribution in [0, 0.1) is 0 Å². The first-order valence-electron chi connectivity index (χ1n) is 8.48. The van der Waals surface area contributed by atoms with Crippen LogP contribution in [0.5, 0.6) is 0 Å². The van der Waals surface area contributed by atoms with Crippen LogP contribution in [0.1, 0.15) is 52.7 Å². The van der Waals surface area contributed by atoms with Crippen LogP contribution in [-0.2, 0) is 14.1 Å². The van der Waals surface area contributed by atoms with Crippen molar-refractivity contribution in [2.75, 3.05) is 5.75 Å². The minimum Gasteiger partial charge on any atom is -0.399 e. The van der Waals surface area contributed by atoms with Gasteiger partial charge in [-0.25, -0.2) is 0 Å². The summed E-state index contributed by atoms with van der Waals surface area (Å²) < 4.78 is 12.0. The van der Waals surface area contributed by atoms with Gasteiger partial charge in [0.15, 0.2) is 5.12 Å². The summed E-state index contributed by atoms with van der Waals surface area (Å²) in [7, 11) is -0.451. The number of carbonyl (C=O) groups is 1.